The average Bonchev–Trinajstić information content (AvgIpc) is 3.20. The van der Waals surface area contributed by atoms with Crippen LogP contribution in [0.1, 0.15) is 24.8 Å². The molecular weight excluding hydrogens is 417 g/mol. The molecule has 0 amide bonds. The molecule has 1 aromatic heterocycles. The highest BCUT2D eigenvalue weighted by molar-refractivity contribution is 7.93. The average molecular weight is 434 g/mol. The molecule has 3 rings (SSSR count). The predicted molar refractivity (Wildman–Crippen MR) is 99.9 cm³/mol. The van der Waals surface area contributed by atoms with E-state index in [-0.39, 0.29) is 23.4 Å². The Balaban J connectivity index is 1.99. The zero-order chi connectivity index (χ0) is 20.5. The van der Waals surface area contributed by atoms with Gasteiger partial charge in [0, 0.05) is 18.3 Å². The normalized spacial score (nSPS) is 18.2. The van der Waals surface area contributed by atoms with Crippen LogP contribution < -0.4 is 9.62 Å². The molecule has 1 N–H and O–H groups in total. The van der Waals surface area contributed by atoms with Crippen LogP contribution >= 0.6 is 11.5 Å². The molecule has 0 aliphatic carbocycles. The Morgan fingerprint density at radius 3 is 2.64 bits per heavy atom. The van der Waals surface area contributed by atoms with E-state index in [1.165, 1.54) is 12.1 Å². The molecule has 152 valence electrons. The molecule has 2 aromatic rings. The molecule has 2 heterocycles. The number of halogens is 3. The monoisotopic (exact) mass is 434 g/mol. The number of azo groups is 1. The summed E-state index contributed by atoms with van der Waals surface area (Å²) in [6.45, 7) is 4.44. The third-order valence-corrected chi connectivity index (χ3v) is 5.89. The number of hydrogen-bond acceptors (Lipinski definition) is 8. The molecule has 0 saturated carbocycles. The van der Waals surface area contributed by atoms with Gasteiger partial charge in [-0.05, 0) is 56.4 Å². The molecule has 0 bridgehead atoms. The van der Waals surface area contributed by atoms with Crippen LogP contribution in [0.3, 0.4) is 0 Å². The molecule has 1 saturated heterocycles. The van der Waals surface area contributed by atoms with Crippen molar-refractivity contribution in [1.29, 1.82) is 0 Å². The standard InChI is InChI=1S/C15H17F3N6O2S2/c1-9-4-3-7-24(9)11-5-6-12(20-21-14-19-10(2)27-22-14)13(8-11)23-28(25,26)15(16,17)18/h5-6,8-9,23H,3-4,7H2,1-2H3/b21-20+. The van der Waals surface area contributed by atoms with Crippen molar-refractivity contribution in [2.24, 2.45) is 10.2 Å². The molecule has 0 spiro atoms. The first-order valence-corrected chi connectivity index (χ1v) is 10.5. The second kappa shape index (κ2) is 7.62. The fraction of sp³-hybridized carbons (Fsp3) is 0.467. The molecule has 13 heteroatoms. The van der Waals surface area contributed by atoms with E-state index in [2.05, 4.69) is 19.6 Å². The molecule has 1 fully saturated rings. The van der Waals surface area contributed by atoms with Gasteiger partial charge in [0.25, 0.3) is 5.95 Å². The molecule has 1 atom stereocenters. The van der Waals surface area contributed by atoms with Gasteiger partial charge in [-0.25, -0.2) is 4.98 Å². The molecule has 1 unspecified atom stereocenters. The number of nitrogens with one attached hydrogen (secondary N) is 1. The molecule has 1 aliphatic rings. The fourth-order valence-corrected chi connectivity index (χ4v) is 3.80. The maximum Gasteiger partial charge on any atom is 0.516 e. The van der Waals surface area contributed by atoms with Crippen molar-refractivity contribution in [3.63, 3.8) is 0 Å². The minimum atomic E-state index is -5.61. The highest BCUT2D eigenvalue weighted by Crippen LogP contribution is 2.36. The van der Waals surface area contributed by atoms with E-state index >= 15 is 0 Å². The first-order chi connectivity index (χ1) is 13.1. The summed E-state index contributed by atoms with van der Waals surface area (Å²) in [5, 5.41) is 8.26. The number of nitrogens with zero attached hydrogens (tertiary/aromatic N) is 5. The van der Waals surface area contributed by atoms with E-state index in [1.54, 1.807) is 17.7 Å². The number of sulfonamides is 1. The number of hydrogen-bond donors (Lipinski definition) is 1. The summed E-state index contributed by atoms with van der Waals surface area (Å²) in [4.78, 5) is 5.98. The number of aryl methyl sites for hydroxylation is 1. The van der Waals surface area contributed by atoms with E-state index in [9.17, 15) is 21.6 Å². The molecule has 0 radical (unpaired) electrons. The Morgan fingerprint density at radius 2 is 2.07 bits per heavy atom. The van der Waals surface area contributed by atoms with Gasteiger partial charge in [0.2, 0.25) is 0 Å². The smallest absolute Gasteiger partial charge is 0.369 e. The van der Waals surface area contributed by atoms with Crippen LogP contribution in [0.4, 0.5) is 36.2 Å². The number of benzene rings is 1. The second-order valence-electron chi connectivity index (χ2n) is 6.25. The predicted octanol–water partition coefficient (Wildman–Crippen LogP) is 4.51. The van der Waals surface area contributed by atoms with Gasteiger partial charge in [0.15, 0.2) is 0 Å². The molecule has 28 heavy (non-hydrogen) atoms. The SMILES string of the molecule is Cc1nc(/N=N/c2ccc(N3CCCC3C)cc2NS(=O)(=O)C(F)(F)F)ns1. The summed E-state index contributed by atoms with van der Waals surface area (Å²) in [5.41, 5.74) is -5.24. The Morgan fingerprint density at radius 1 is 1.32 bits per heavy atom. The van der Waals surface area contributed by atoms with E-state index in [0.717, 1.165) is 30.9 Å². The summed E-state index contributed by atoms with van der Waals surface area (Å²) in [6, 6.07) is 4.61. The van der Waals surface area contributed by atoms with Gasteiger partial charge in [-0.15, -0.1) is 10.2 Å². The molecule has 8 nitrogen and oxygen atoms in total. The van der Waals surface area contributed by atoms with E-state index in [4.69, 9.17) is 0 Å². The lowest BCUT2D eigenvalue weighted by atomic mass is 10.2. The maximum absolute atomic E-state index is 12.8. The van der Waals surface area contributed by atoms with Crippen molar-refractivity contribution < 1.29 is 21.6 Å². The van der Waals surface area contributed by atoms with Gasteiger partial charge in [-0.3, -0.25) is 4.72 Å². The van der Waals surface area contributed by atoms with E-state index < -0.39 is 15.5 Å². The van der Waals surface area contributed by atoms with Crippen LogP contribution in [0.2, 0.25) is 0 Å². The summed E-state index contributed by atoms with van der Waals surface area (Å²) in [5.74, 6) is 0.0457. The quantitative estimate of drug-likeness (QED) is 0.698. The van der Waals surface area contributed by atoms with Crippen molar-refractivity contribution >= 4 is 44.6 Å². The Kier molecular flexibility index (Phi) is 5.57. The van der Waals surface area contributed by atoms with Gasteiger partial charge < -0.3 is 4.90 Å². The van der Waals surface area contributed by atoms with Crippen LogP contribution in [0.5, 0.6) is 0 Å². The maximum atomic E-state index is 12.8. The third-order valence-electron chi connectivity index (χ3n) is 4.18. The highest BCUT2D eigenvalue weighted by atomic mass is 32.2. The largest absolute Gasteiger partial charge is 0.516 e. The van der Waals surface area contributed by atoms with Crippen LogP contribution in [-0.2, 0) is 10.0 Å². The van der Waals surface area contributed by atoms with E-state index in [0.29, 0.717) is 10.7 Å². The van der Waals surface area contributed by atoms with Gasteiger partial charge >= 0.3 is 15.5 Å². The van der Waals surface area contributed by atoms with Crippen molar-refractivity contribution in [1.82, 2.24) is 9.36 Å². The van der Waals surface area contributed by atoms with E-state index in [1.807, 2.05) is 11.8 Å². The van der Waals surface area contributed by atoms with Crippen molar-refractivity contribution in [3.8, 4) is 0 Å². The summed E-state index contributed by atoms with van der Waals surface area (Å²) in [6.07, 6.45) is 1.89. The molecular formula is C15H17F3N6O2S2. The Bertz CT molecular complexity index is 990. The second-order valence-corrected chi connectivity index (χ2v) is 8.88. The van der Waals surface area contributed by atoms with Gasteiger partial charge in [0.05, 0.1) is 5.69 Å². The number of aromatic nitrogens is 2. The summed E-state index contributed by atoms with van der Waals surface area (Å²) in [7, 11) is -5.61. The third kappa shape index (κ3) is 4.41. The fourth-order valence-electron chi connectivity index (χ4n) is 2.82. The lowest BCUT2D eigenvalue weighted by Gasteiger charge is -2.24. The number of rotatable bonds is 5. The summed E-state index contributed by atoms with van der Waals surface area (Å²) < 4.78 is 67.2. The first-order valence-electron chi connectivity index (χ1n) is 8.28. The zero-order valence-electron chi connectivity index (χ0n) is 14.9. The van der Waals surface area contributed by atoms with Crippen molar-refractivity contribution in [3.05, 3.63) is 23.2 Å². The summed E-state index contributed by atoms with van der Waals surface area (Å²) >= 11 is 1.09. The first kappa shape index (κ1) is 20.5. The lowest BCUT2D eigenvalue weighted by molar-refractivity contribution is -0.0429. The van der Waals surface area contributed by atoms with Crippen LogP contribution in [-0.4, -0.2) is 35.9 Å². The molecule has 1 aromatic carbocycles. The van der Waals surface area contributed by atoms with Crippen molar-refractivity contribution in [2.45, 2.75) is 38.2 Å². The van der Waals surface area contributed by atoms with Gasteiger partial charge in [0.1, 0.15) is 10.7 Å². The van der Waals surface area contributed by atoms with Crippen LogP contribution in [0, 0.1) is 6.92 Å². The number of alkyl halides is 3. The Labute approximate surface area is 163 Å². The Hall–Kier alpha value is -2.28. The van der Waals surface area contributed by atoms with Gasteiger partial charge in [-0.1, -0.05) is 0 Å². The minimum absolute atomic E-state index is 0.0457. The van der Waals surface area contributed by atoms with Crippen LogP contribution in [0.25, 0.3) is 0 Å². The number of anilines is 2. The minimum Gasteiger partial charge on any atom is -0.369 e. The zero-order valence-corrected chi connectivity index (χ0v) is 16.6. The molecule has 1 aliphatic heterocycles. The lowest BCUT2D eigenvalue weighted by Crippen LogP contribution is -2.30. The van der Waals surface area contributed by atoms with Gasteiger partial charge in [-0.2, -0.15) is 26.0 Å². The highest BCUT2D eigenvalue weighted by Gasteiger charge is 2.46. The van der Waals surface area contributed by atoms with Crippen LogP contribution in [0.15, 0.2) is 28.4 Å². The van der Waals surface area contributed by atoms with Crippen molar-refractivity contribution in [2.75, 3.05) is 16.2 Å². The topological polar surface area (TPSA) is 99.9 Å².